The van der Waals surface area contributed by atoms with Gasteiger partial charge in [-0.1, -0.05) is 6.07 Å². The predicted molar refractivity (Wildman–Crippen MR) is 73.0 cm³/mol. The Morgan fingerprint density at radius 1 is 1.37 bits per heavy atom. The summed E-state index contributed by atoms with van der Waals surface area (Å²) < 4.78 is 1.80. The fourth-order valence-electron chi connectivity index (χ4n) is 1.53. The molecule has 0 aliphatic carbocycles. The predicted octanol–water partition coefficient (Wildman–Crippen LogP) is 1.09. The Morgan fingerprint density at radius 2 is 2.21 bits per heavy atom. The van der Waals surface area contributed by atoms with Crippen LogP contribution in [0.1, 0.15) is 10.5 Å². The molecule has 1 amide bonds. The fraction of sp³-hybridized carbons (Fsp3) is 0.308. The Labute approximate surface area is 112 Å². The third kappa shape index (κ3) is 3.89. The zero-order valence-corrected chi connectivity index (χ0v) is 11.1. The lowest BCUT2D eigenvalue weighted by atomic mass is 10.3. The summed E-state index contributed by atoms with van der Waals surface area (Å²) in [5.41, 5.74) is 0.380. The molecule has 0 atom stereocenters. The van der Waals surface area contributed by atoms with Crippen molar-refractivity contribution < 1.29 is 4.79 Å². The van der Waals surface area contributed by atoms with E-state index < -0.39 is 0 Å². The number of hydrogen-bond acceptors (Lipinski definition) is 4. The van der Waals surface area contributed by atoms with Gasteiger partial charge in [0, 0.05) is 25.0 Å². The largest absolute Gasteiger partial charge is 0.308 e. The standard InChI is InChI=1S/C13H17N5O/c1-17(2)9-10-18-8-6-12(16-18)15-13(19)11-5-3-4-7-14-11/h3-8H,9-10H2,1-2H3,(H,15,16,19). The summed E-state index contributed by atoms with van der Waals surface area (Å²) in [4.78, 5) is 17.9. The second-order valence-electron chi connectivity index (χ2n) is 4.44. The molecule has 0 saturated heterocycles. The van der Waals surface area contributed by atoms with Crippen molar-refractivity contribution in [3.8, 4) is 0 Å². The monoisotopic (exact) mass is 259 g/mol. The van der Waals surface area contributed by atoms with Gasteiger partial charge in [0.05, 0.1) is 6.54 Å². The molecule has 0 saturated carbocycles. The van der Waals surface area contributed by atoms with Gasteiger partial charge in [-0.15, -0.1) is 0 Å². The van der Waals surface area contributed by atoms with Crippen molar-refractivity contribution in [1.82, 2.24) is 19.7 Å². The third-order valence-electron chi connectivity index (χ3n) is 2.56. The highest BCUT2D eigenvalue weighted by atomic mass is 16.1. The number of likely N-dealkylation sites (N-methyl/N-ethyl adjacent to an activating group) is 1. The Kier molecular flexibility index (Phi) is 4.25. The van der Waals surface area contributed by atoms with Crippen LogP contribution in [0.2, 0.25) is 0 Å². The van der Waals surface area contributed by atoms with Gasteiger partial charge in [0.2, 0.25) is 0 Å². The summed E-state index contributed by atoms with van der Waals surface area (Å²) in [7, 11) is 4.01. The normalized spacial score (nSPS) is 10.7. The van der Waals surface area contributed by atoms with E-state index in [1.54, 1.807) is 35.1 Å². The molecule has 2 rings (SSSR count). The molecule has 0 bridgehead atoms. The van der Waals surface area contributed by atoms with Gasteiger partial charge in [-0.25, -0.2) is 0 Å². The van der Waals surface area contributed by atoms with E-state index in [-0.39, 0.29) is 5.91 Å². The van der Waals surface area contributed by atoms with E-state index in [4.69, 9.17) is 0 Å². The first kappa shape index (κ1) is 13.2. The van der Waals surface area contributed by atoms with Gasteiger partial charge in [0.25, 0.3) is 5.91 Å². The molecule has 6 nitrogen and oxygen atoms in total. The average Bonchev–Trinajstić information content (AvgIpc) is 2.85. The molecule has 6 heteroatoms. The average molecular weight is 259 g/mol. The minimum absolute atomic E-state index is 0.251. The first-order valence-corrected chi connectivity index (χ1v) is 6.06. The van der Waals surface area contributed by atoms with E-state index in [1.807, 2.05) is 20.3 Å². The molecule has 0 spiro atoms. The summed E-state index contributed by atoms with van der Waals surface area (Å²) >= 11 is 0. The third-order valence-corrected chi connectivity index (χ3v) is 2.56. The number of hydrogen-bond donors (Lipinski definition) is 1. The molecule has 0 unspecified atom stereocenters. The van der Waals surface area contributed by atoms with Crippen molar-refractivity contribution >= 4 is 11.7 Å². The maximum absolute atomic E-state index is 11.9. The maximum Gasteiger partial charge on any atom is 0.275 e. The zero-order valence-electron chi connectivity index (χ0n) is 11.1. The summed E-state index contributed by atoms with van der Waals surface area (Å²) in [5, 5.41) is 7.00. The number of pyridine rings is 1. The van der Waals surface area contributed by atoms with Gasteiger partial charge in [-0.05, 0) is 26.2 Å². The molecule has 0 radical (unpaired) electrons. The van der Waals surface area contributed by atoms with Crippen LogP contribution in [0.3, 0.4) is 0 Å². The number of carbonyl (C=O) groups excluding carboxylic acids is 1. The highest BCUT2D eigenvalue weighted by Crippen LogP contribution is 2.05. The molecule has 100 valence electrons. The molecule has 19 heavy (non-hydrogen) atoms. The smallest absolute Gasteiger partial charge is 0.275 e. The topological polar surface area (TPSA) is 63.0 Å². The van der Waals surface area contributed by atoms with E-state index in [1.165, 1.54) is 0 Å². The fourth-order valence-corrected chi connectivity index (χ4v) is 1.53. The first-order valence-electron chi connectivity index (χ1n) is 6.06. The zero-order chi connectivity index (χ0) is 13.7. The lowest BCUT2D eigenvalue weighted by Gasteiger charge is -2.08. The number of aromatic nitrogens is 3. The molecule has 2 aromatic rings. The van der Waals surface area contributed by atoms with Crippen LogP contribution in [0, 0.1) is 0 Å². The molecular formula is C13H17N5O. The van der Waals surface area contributed by atoms with Crippen molar-refractivity contribution in [2.24, 2.45) is 0 Å². The van der Waals surface area contributed by atoms with Gasteiger partial charge in [0.1, 0.15) is 5.69 Å². The molecule has 0 aromatic carbocycles. The van der Waals surface area contributed by atoms with Crippen LogP contribution < -0.4 is 5.32 Å². The minimum Gasteiger partial charge on any atom is -0.308 e. The molecule has 0 aliphatic rings. The lowest BCUT2D eigenvalue weighted by Crippen LogP contribution is -2.19. The summed E-state index contributed by atoms with van der Waals surface area (Å²) in [6.07, 6.45) is 3.43. The Balaban J connectivity index is 1.95. The maximum atomic E-state index is 11.9. The van der Waals surface area contributed by atoms with Crippen molar-refractivity contribution in [2.75, 3.05) is 26.0 Å². The van der Waals surface area contributed by atoms with Gasteiger partial charge in [0.15, 0.2) is 5.82 Å². The van der Waals surface area contributed by atoms with Crippen LogP contribution in [-0.4, -0.2) is 46.2 Å². The van der Waals surface area contributed by atoms with Gasteiger partial charge in [-0.2, -0.15) is 5.10 Å². The highest BCUT2D eigenvalue weighted by Gasteiger charge is 2.08. The second-order valence-corrected chi connectivity index (χ2v) is 4.44. The van der Waals surface area contributed by atoms with Crippen molar-refractivity contribution in [2.45, 2.75) is 6.54 Å². The van der Waals surface area contributed by atoms with E-state index in [0.717, 1.165) is 13.1 Å². The van der Waals surface area contributed by atoms with E-state index in [9.17, 15) is 4.79 Å². The van der Waals surface area contributed by atoms with Crippen LogP contribution >= 0.6 is 0 Å². The quantitative estimate of drug-likeness (QED) is 0.873. The van der Waals surface area contributed by atoms with Gasteiger partial charge in [-0.3, -0.25) is 14.5 Å². The van der Waals surface area contributed by atoms with E-state index >= 15 is 0 Å². The van der Waals surface area contributed by atoms with Crippen molar-refractivity contribution in [1.29, 1.82) is 0 Å². The van der Waals surface area contributed by atoms with Crippen LogP contribution in [0.5, 0.6) is 0 Å². The first-order chi connectivity index (χ1) is 9.15. The van der Waals surface area contributed by atoms with Crippen LogP contribution in [0.25, 0.3) is 0 Å². The Morgan fingerprint density at radius 3 is 2.89 bits per heavy atom. The highest BCUT2D eigenvalue weighted by molar-refractivity contribution is 6.02. The minimum atomic E-state index is -0.251. The van der Waals surface area contributed by atoms with Crippen LogP contribution in [0.15, 0.2) is 36.7 Å². The van der Waals surface area contributed by atoms with Crippen LogP contribution in [0.4, 0.5) is 5.82 Å². The molecule has 2 aromatic heterocycles. The number of nitrogens with zero attached hydrogens (tertiary/aromatic N) is 4. The Hall–Kier alpha value is -2.21. The molecule has 0 fully saturated rings. The van der Waals surface area contributed by atoms with Gasteiger partial charge >= 0.3 is 0 Å². The summed E-state index contributed by atoms with van der Waals surface area (Å²) in [6, 6.07) is 6.99. The lowest BCUT2D eigenvalue weighted by molar-refractivity contribution is 0.102. The molecule has 1 N–H and O–H groups in total. The number of nitrogens with one attached hydrogen (secondary N) is 1. The van der Waals surface area contributed by atoms with E-state index in [0.29, 0.717) is 11.5 Å². The Bertz CT molecular complexity index is 535. The van der Waals surface area contributed by atoms with E-state index in [2.05, 4.69) is 20.3 Å². The SMILES string of the molecule is CN(C)CCn1ccc(NC(=O)c2ccccn2)n1. The van der Waals surface area contributed by atoms with Crippen LogP contribution in [-0.2, 0) is 6.54 Å². The number of carbonyl (C=O) groups is 1. The molecule has 0 aliphatic heterocycles. The van der Waals surface area contributed by atoms with Gasteiger partial charge < -0.3 is 10.2 Å². The summed E-state index contributed by atoms with van der Waals surface area (Å²) in [6.45, 7) is 1.68. The number of amides is 1. The second kappa shape index (κ2) is 6.10. The van der Waals surface area contributed by atoms with Crippen molar-refractivity contribution in [3.63, 3.8) is 0 Å². The van der Waals surface area contributed by atoms with Crippen molar-refractivity contribution in [3.05, 3.63) is 42.4 Å². The molecule has 2 heterocycles. The molecular weight excluding hydrogens is 242 g/mol. The number of rotatable bonds is 5. The summed E-state index contributed by atoms with van der Waals surface area (Å²) in [5.74, 6) is 0.285. The number of anilines is 1.